The molecular formula is C10H9NO7S2. The maximum Gasteiger partial charge on any atom is 0.295 e. The maximum absolute atomic E-state index is 11.3. The summed E-state index contributed by atoms with van der Waals surface area (Å²) in [5.41, 5.74) is 5.37. The molecule has 0 atom stereocenters. The molecule has 8 nitrogen and oxygen atoms in total. The largest absolute Gasteiger partial charge is 0.506 e. The van der Waals surface area contributed by atoms with Gasteiger partial charge in [-0.25, -0.2) is 0 Å². The molecule has 0 aliphatic heterocycles. The van der Waals surface area contributed by atoms with Gasteiger partial charge < -0.3 is 10.8 Å². The molecule has 0 bridgehead atoms. The minimum absolute atomic E-state index is 0.0185. The maximum atomic E-state index is 11.3. The van der Waals surface area contributed by atoms with Crippen molar-refractivity contribution in [2.75, 3.05) is 5.73 Å². The highest BCUT2D eigenvalue weighted by Crippen LogP contribution is 2.36. The lowest BCUT2D eigenvalue weighted by molar-refractivity contribution is 0.469. The number of phenols is 1. The van der Waals surface area contributed by atoms with Crippen molar-refractivity contribution >= 4 is 36.7 Å². The lowest BCUT2D eigenvalue weighted by Gasteiger charge is -2.10. The Morgan fingerprint density at radius 3 is 2.00 bits per heavy atom. The fourth-order valence-electron chi connectivity index (χ4n) is 1.75. The lowest BCUT2D eigenvalue weighted by atomic mass is 10.1. The second-order valence-corrected chi connectivity index (χ2v) is 6.78. The van der Waals surface area contributed by atoms with Crippen LogP contribution in [-0.4, -0.2) is 31.0 Å². The molecule has 0 heterocycles. The third-order valence-corrected chi connectivity index (χ3v) is 4.41. The van der Waals surface area contributed by atoms with Gasteiger partial charge in [0.05, 0.1) is 10.6 Å². The van der Waals surface area contributed by atoms with Crippen LogP contribution in [0.25, 0.3) is 10.8 Å². The topological polar surface area (TPSA) is 155 Å². The van der Waals surface area contributed by atoms with Gasteiger partial charge in [-0.3, -0.25) is 9.11 Å². The second kappa shape index (κ2) is 4.31. The summed E-state index contributed by atoms with van der Waals surface area (Å²) in [4.78, 5) is -1.29. The standard InChI is InChI=1S/C10H9NO7S2/c11-10-6-2-1-5(19(13,14)15)3-7(6)9(4-8(10)12)20(16,17)18/h1-4,12H,11H2,(H,13,14,15)(H,16,17,18). The lowest BCUT2D eigenvalue weighted by Crippen LogP contribution is -2.03. The number of nitrogens with two attached hydrogens (primary N) is 1. The van der Waals surface area contributed by atoms with Crippen LogP contribution in [0.4, 0.5) is 5.69 Å². The zero-order chi connectivity index (χ0) is 15.3. The molecule has 5 N–H and O–H groups in total. The Morgan fingerprint density at radius 2 is 1.50 bits per heavy atom. The molecule has 0 aliphatic rings. The minimum atomic E-state index is -4.72. The van der Waals surface area contributed by atoms with Gasteiger partial charge in [-0.2, -0.15) is 16.8 Å². The van der Waals surface area contributed by atoms with E-state index in [1.165, 1.54) is 0 Å². The molecule has 2 rings (SSSR count). The van der Waals surface area contributed by atoms with E-state index in [0.717, 1.165) is 18.2 Å². The molecule has 0 unspecified atom stereocenters. The first-order valence-electron chi connectivity index (χ1n) is 5.02. The predicted octanol–water partition coefficient (Wildman–Crippen LogP) is 0.621. The zero-order valence-corrected chi connectivity index (χ0v) is 11.3. The molecule has 0 aromatic heterocycles. The monoisotopic (exact) mass is 319 g/mol. The van der Waals surface area contributed by atoms with Crippen molar-refractivity contribution in [2.45, 2.75) is 9.79 Å². The molecule has 0 spiro atoms. The van der Waals surface area contributed by atoms with E-state index in [2.05, 4.69) is 0 Å². The molecule has 0 fully saturated rings. The van der Waals surface area contributed by atoms with E-state index in [1.807, 2.05) is 0 Å². The van der Waals surface area contributed by atoms with E-state index in [0.29, 0.717) is 6.07 Å². The summed E-state index contributed by atoms with van der Waals surface area (Å²) in [5.74, 6) is -0.579. The number of phenolic OH excluding ortho intramolecular Hbond substituents is 1. The van der Waals surface area contributed by atoms with E-state index in [9.17, 15) is 21.9 Å². The van der Waals surface area contributed by atoms with Gasteiger partial charge in [-0.05, 0) is 12.1 Å². The summed E-state index contributed by atoms with van der Waals surface area (Å²) in [6.07, 6.45) is 0. The van der Waals surface area contributed by atoms with Gasteiger partial charge in [-0.1, -0.05) is 6.07 Å². The number of nitrogen functional groups attached to an aromatic ring is 1. The molecule has 0 aliphatic carbocycles. The van der Waals surface area contributed by atoms with E-state index in [1.54, 1.807) is 0 Å². The van der Waals surface area contributed by atoms with Crippen molar-refractivity contribution in [2.24, 2.45) is 0 Å². The van der Waals surface area contributed by atoms with Crippen LogP contribution < -0.4 is 5.73 Å². The summed E-state index contributed by atoms with van der Waals surface area (Å²) in [6.45, 7) is 0. The molecule has 0 saturated carbocycles. The van der Waals surface area contributed by atoms with Crippen LogP contribution in [0.15, 0.2) is 34.1 Å². The summed E-state index contributed by atoms with van der Waals surface area (Å²) < 4.78 is 62.7. The summed E-state index contributed by atoms with van der Waals surface area (Å²) >= 11 is 0. The third kappa shape index (κ3) is 2.41. The van der Waals surface area contributed by atoms with Gasteiger partial charge >= 0.3 is 0 Å². The molecule has 0 saturated heterocycles. The van der Waals surface area contributed by atoms with Crippen LogP contribution in [0, 0.1) is 0 Å². The van der Waals surface area contributed by atoms with E-state index in [-0.39, 0.29) is 16.5 Å². The Labute approximate surface area is 114 Å². The third-order valence-electron chi connectivity index (χ3n) is 2.67. The summed E-state index contributed by atoms with van der Waals surface area (Å²) in [6, 6.07) is 3.63. The summed E-state index contributed by atoms with van der Waals surface area (Å²) in [5, 5.41) is 9.30. The predicted molar refractivity (Wildman–Crippen MR) is 69.7 cm³/mol. The van der Waals surface area contributed by atoms with Gasteiger partial charge in [0.2, 0.25) is 0 Å². The molecule has 108 valence electrons. The molecule has 10 heteroatoms. The fraction of sp³-hybridized carbons (Fsp3) is 0. The van der Waals surface area contributed by atoms with Crippen LogP contribution in [-0.2, 0) is 20.2 Å². The van der Waals surface area contributed by atoms with E-state index >= 15 is 0 Å². The highest BCUT2D eigenvalue weighted by atomic mass is 32.2. The van der Waals surface area contributed by atoms with Crippen LogP contribution >= 0.6 is 0 Å². The Morgan fingerprint density at radius 1 is 0.900 bits per heavy atom. The van der Waals surface area contributed by atoms with Crippen molar-refractivity contribution in [3.63, 3.8) is 0 Å². The van der Waals surface area contributed by atoms with Gasteiger partial charge in [0.25, 0.3) is 20.2 Å². The van der Waals surface area contributed by atoms with Gasteiger partial charge in [-0.15, -0.1) is 0 Å². The zero-order valence-electron chi connectivity index (χ0n) is 9.68. The quantitative estimate of drug-likeness (QED) is 0.356. The highest BCUT2D eigenvalue weighted by molar-refractivity contribution is 7.86. The Kier molecular flexibility index (Phi) is 3.13. The first-order valence-corrected chi connectivity index (χ1v) is 7.90. The Hall–Kier alpha value is -1.88. The number of anilines is 1. The number of aromatic hydroxyl groups is 1. The first-order chi connectivity index (χ1) is 9.01. The van der Waals surface area contributed by atoms with Crippen molar-refractivity contribution in [3.05, 3.63) is 24.3 Å². The first kappa shape index (κ1) is 14.5. The SMILES string of the molecule is Nc1c(O)cc(S(=O)(=O)O)c2cc(S(=O)(=O)O)ccc12. The number of hydrogen-bond acceptors (Lipinski definition) is 6. The van der Waals surface area contributed by atoms with Crippen molar-refractivity contribution < 1.29 is 31.0 Å². The smallest absolute Gasteiger partial charge is 0.295 e. The minimum Gasteiger partial charge on any atom is -0.506 e. The van der Waals surface area contributed by atoms with Crippen molar-refractivity contribution in [1.82, 2.24) is 0 Å². The molecule has 20 heavy (non-hydrogen) atoms. The molecule has 2 aromatic rings. The van der Waals surface area contributed by atoms with E-state index in [4.69, 9.17) is 14.8 Å². The van der Waals surface area contributed by atoms with Crippen LogP contribution in [0.2, 0.25) is 0 Å². The number of rotatable bonds is 2. The molecular weight excluding hydrogens is 310 g/mol. The molecule has 2 aromatic carbocycles. The van der Waals surface area contributed by atoms with Crippen molar-refractivity contribution in [3.8, 4) is 5.75 Å². The average molecular weight is 319 g/mol. The number of benzene rings is 2. The van der Waals surface area contributed by atoms with Gasteiger partial charge in [0.1, 0.15) is 10.6 Å². The molecule has 0 amide bonds. The highest BCUT2D eigenvalue weighted by Gasteiger charge is 2.20. The molecule has 0 radical (unpaired) electrons. The second-order valence-electron chi connectivity index (χ2n) is 3.97. The van der Waals surface area contributed by atoms with Crippen LogP contribution in [0.1, 0.15) is 0 Å². The number of fused-ring (bicyclic) bond motifs is 1. The van der Waals surface area contributed by atoms with E-state index < -0.39 is 35.8 Å². The van der Waals surface area contributed by atoms with Crippen LogP contribution in [0.5, 0.6) is 5.75 Å². The fourth-order valence-corrected chi connectivity index (χ4v) is 2.97. The Bertz CT molecular complexity index is 916. The Balaban J connectivity index is 3.04. The number of hydrogen-bond donors (Lipinski definition) is 4. The van der Waals surface area contributed by atoms with Crippen LogP contribution in [0.3, 0.4) is 0 Å². The normalized spacial score (nSPS) is 12.7. The average Bonchev–Trinajstić information content (AvgIpc) is 2.30. The summed E-state index contributed by atoms with van der Waals surface area (Å²) in [7, 11) is -9.28. The van der Waals surface area contributed by atoms with Gasteiger partial charge in [0, 0.05) is 16.8 Å². The van der Waals surface area contributed by atoms with Crippen molar-refractivity contribution in [1.29, 1.82) is 0 Å². The van der Waals surface area contributed by atoms with Gasteiger partial charge in [0.15, 0.2) is 0 Å².